The predicted octanol–water partition coefficient (Wildman–Crippen LogP) is 2.29. The van der Waals surface area contributed by atoms with Crippen molar-refractivity contribution in [3.63, 3.8) is 0 Å². The highest BCUT2D eigenvalue weighted by Gasteiger charge is 2.40. The zero-order valence-corrected chi connectivity index (χ0v) is 11.2. The van der Waals surface area contributed by atoms with Crippen LogP contribution in [-0.2, 0) is 4.79 Å². The molecule has 98 valence electrons. The lowest BCUT2D eigenvalue weighted by atomic mass is 9.77. The molecule has 0 bridgehead atoms. The molecule has 0 aromatic heterocycles. The summed E-state index contributed by atoms with van der Waals surface area (Å²) in [4.78, 5) is 14.6. The van der Waals surface area contributed by atoms with E-state index in [1.54, 1.807) is 0 Å². The average molecular weight is 238 g/mol. The van der Waals surface area contributed by atoms with E-state index in [-0.39, 0.29) is 5.91 Å². The van der Waals surface area contributed by atoms with Gasteiger partial charge in [0.25, 0.3) is 0 Å². The molecule has 2 rings (SSSR count). The number of hydrogen-bond acceptors (Lipinski definition) is 2. The first-order chi connectivity index (χ1) is 8.06. The summed E-state index contributed by atoms with van der Waals surface area (Å²) >= 11 is 0. The van der Waals surface area contributed by atoms with Gasteiger partial charge in [0.1, 0.15) is 0 Å². The Morgan fingerprint density at radius 2 is 1.94 bits per heavy atom. The molecular weight excluding hydrogens is 212 g/mol. The number of carbonyl (C=O) groups is 1. The third-order valence-corrected chi connectivity index (χ3v) is 4.73. The van der Waals surface area contributed by atoms with Gasteiger partial charge in [-0.2, -0.15) is 0 Å². The highest BCUT2D eigenvalue weighted by atomic mass is 16.2. The standard InChI is InChI=1S/C14H26N2O/c1-3-14(2,15)13(17)16-10-6-8-11-7-4-5-9-12(11)16/h11-12H,3-10,15H2,1-2H3. The van der Waals surface area contributed by atoms with Gasteiger partial charge in [0.05, 0.1) is 5.54 Å². The van der Waals surface area contributed by atoms with Gasteiger partial charge in [-0.15, -0.1) is 0 Å². The minimum absolute atomic E-state index is 0.177. The third kappa shape index (κ3) is 2.49. The molecule has 2 aliphatic rings. The third-order valence-electron chi connectivity index (χ3n) is 4.73. The van der Waals surface area contributed by atoms with Crippen LogP contribution in [0.4, 0.5) is 0 Å². The number of likely N-dealkylation sites (tertiary alicyclic amines) is 1. The monoisotopic (exact) mass is 238 g/mol. The maximum atomic E-state index is 12.5. The van der Waals surface area contributed by atoms with E-state index in [0.29, 0.717) is 6.04 Å². The fourth-order valence-electron chi connectivity index (χ4n) is 3.36. The van der Waals surface area contributed by atoms with Crippen molar-refractivity contribution in [2.24, 2.45) is 11.7 Å². The Morgan fingerprint density at radius 3 is 2.65 bits per heavy atom. The molecule has 1 heterocycles. The maximum Gasteiger partial charge on any atom is 0.242 e. The van der Waals surface area contributed by atoms with Gasteiger partial charge in [0, 0.05) is 12.6 Å². The average Bonchev–Trinajstić information content (AvgIpc) is 2.37. The quantitative estimate of drug-likeness (QED) is 0.802. The summed E-state index contributed by atoms with van der Waals surface area (Å²) in [6, 6.07) is 0.486. The number of fused-ring (bicyclic) bond motifs is 1. The van der Waals surface area contributed by atoms with Crippen molar-refractivity contribution in [3.05, 3.63) is 0 Å². The Kier molecular flexibility index (Phi) is 3.76. The van der Waals surface area contributed by atoms with E-state index in [1.807, 2.05) is 13.8 Å². The number of rotatable bonds is 2. The second-order valence-corrected chi connectivity index (χ2v) is 6.02. The highest BCUT2D eigenvalue weighted by Crippen LogP contribution is 2.36. The van der Waals surface area contributed by atoms with Crippen molar-refractivity contribution < 1.29 is 4.79 Å². The minimum atomic E-state index is -0.667. The van der Waals surface area contributed by atoms with E-state index >= 15 is 0 Å². The summed E-state index contributed by atoms with van der Waals surface area (Å²) in [6.45, 7) is 4.80. The van der Waals surface area contributed by atoms with Crippen LogP contribution in [-0.4, -0.2) is 28.9 Å². The first-order valence-electron chi connectivity index (χ1n) is 7.16. The second kappa shape index (κ2) is 4.97. The molecule has 3 heteroatoms. The molecular formula is C14H26N2O. The predicted molar refractivity (Wildman–Crippen MR) is 69.6 cm³/mol. The molecule has 0 aromatic carbocycles. The summed E-state index contributed by atoms with van der Waals surface area (Å²) in [5.41, 5.74) is 5.45. The molecule has 3 atom stereocenters. The zero-order chi connectivity index (χ0) is 12.5. The first-order valence-corrected chi connectivity index (χ1v) is 7.16. The van der Waals surface area contributed by atoms with Crippen molar-refractivity contribution >= 4 is 5.91 Å². The first kappa shape index (κ1) is 12.9. The lowest BCUT2D eigenvalue weighted by Gasteiger charge is -2.46. The minimum Gasteiger partial charge on any atom is -0.338 e. The Morgan fingerprint density at radius 1 is 1.29 bits per heavy atom. The van der Waals surface area contributed by atoms with E-state index in [9.17, 15) is 4.79 Å². The van der Waals surface area contributed by atoms with Crippen LogP contribution in [0.5, 0.6) is 0 Å². The maximum absolute atomic E-state index is 12.5. The van der Waals surface area contributed by atoms with Crippen LogP contribution in [0.25, 0.3) is 0 Å². The Balaban J connectivity index is 2.11. The molecule has 3 unspecified atom stereocenters. The van der Waals surface area contributed by atoms with E-state index in [4.69, 9.17) is 5.73 Å². The molecule has 0 radical (unpaired) electrons. The van der Waals surface area contributed by atoms with E-state index < -0.39 is 5.54 Å². The molecule has 2 N–H and O–H groups in total. The van der Waals surface area contributed by atoms with Crippen LogP contribution in [0.2, 0.25) is 0 Å². The van der Waals surface area contributed by atoms with Crippen molar-refractivity contribution in [3.8, 4) is 0 Å². The SMILES string of the molecule is CCC(C)(N)C(=O)N1CCCC2CCCCC21. The summed E-state index contributed by atoms with van der Waals surface area (Å²) in [5.74, 6) is 0.922. The van der Waals surface area contributed by atoms with Gasteiger partial charge in [-0.3, -0.25) is 4.79 Å². The number of amides is 1. The van der Waals surface area contributed by atoms with E-state index in [0.717, 1.165) is 25.3 Å². The Bertz CT molecular complexity index is 286. The molecule has 1 amide bonds. The highest BCUT2D eigenvalue weighted by molar-refractivity contribution is 5.86. The molecule has 0 aromatic rings. The fraction of sp³-hybridized carbons (Fsp3) is 0.929. The van der Waals surface area contributed by atoms with E-state index in [1.165, 1.54) is 32.1 Å². The van der Waals surface area contributed by atoms with Gasteiger partial charge in [-0.05, 0) is 44.9 Å². The number of piperidine rings is 1. The molecule has 1 saturated carbocycles. The van der Waals surface area contributed by atoms with Gasteiger partial charge >= 0.3 is 0 Å². The van der Waals surface area contributed by atoms with Gasteiger partial charge in [-0.1, -0.05) is 19.8 Å². The molecule has 1 aliphatic heterocycles. The zero-order valence-electron chi connectivity index (χ0n) is 11.2. The summed E-state index contributed by atoms with van der Waals surface area (Å²) in [7, 11) is 0. The van der Waals surface area contributed by atoms with Gasteiger partial charge in [0.2, 0.25) is 5.91 Å². The van der Waals surface area contributed by atoms with Crippen LogP contribution in [0.15, 0.2) is 0 Å². The summed E-state index contributed by atoms with van der Waals surface area (Å²) < 4.78 is 0. The van der Waals surface area contributed by atoms with Crippen molar-refractivity contribution in [1.82, 2.24) is 4.90 Å². The second-order valence-electron chi connectivity index (χ2n) is 6.02. The Hall–Kier alpha value is -0.570. The number of carbonyl (C=O) groups excluding carboxylic acids is 1. The normalized spacial score (nSPS) is 32.8. The largest absolute Gasteiger partial charge is 0.338 e. The number of nitrogens with zero attached hydrogens (tertiary/aromatic N) is 1. The molecule has 0 spiro atoms. The van der Waals surface area contributed by atoms with Crippen LogP contribution in [0.1, 0.15) is 58.8 Å². The lowest BCUT2D eigenvalue weighted by Crippen LogP contribution is -2.59. The fourth-order valence-corrected chi connectivity index (χ4v) is 3.36. The topological polar surface area (TPSA) is 46.3 Å². The summed E-state index contributed by atoms with van der Waals surface area (Å²) in [6.07, 6.45) is 8.31. The lowest BCUT2D eigenvalue weighted by molar-refractivity contribution is -0.143. The molecule has 1 aliphatic carbocycles. The van der Waals surface area contributed by atoms with Crippen LogP contribution in [0.3, 0.4) is 0 Å². The summed E-state index contributed by atoms with van der Waals surface area (Å²) in [5, 5.41) is 0. The van der Waals surface area contributed by atoms with Crippen molar-refractivity contribution in [1.29, 1.82) is 0 Å². The van der Waals surface area contributed by atoms with Crippen molar-refractivity contribution in [2.45, 2.75) is 70.4 Å². The molecule has 2 fully saturated rings. The van der Waals surface area contributed by atoms with Crippen LogP contribution >= 0.6 is 0 Å². The molecule has 17 heavy (non-hydrogen) atoms. The number of nitrogens with two attached hydrogens (primary N) is 1. The molecule has 1 saturated heterocycles. The van der Waals surface area contributed by atoms with Gasteiger partial charge in [-0.25, -0.2) is 0 Å². The van der Waals surface area contributed by atoms with E-state index in [2.05, 4.69) is 4.90 Å². The van der Waals surface area contributed by atoms with Gasteiger partial charge in [0.15, 0.2) is 0 Å². The molecule has 3 nitrogen and oxygen atoms in total. The van der Waals surface area contributed by atoms with Crippen LogP contribution < -0.4 is 5.73 Å². The smallest absolute Gasteiger partial charge is 0.242 e. The van der Waals surface area contributed by atoms with Gasteiger partial charge < -0.3 is 10.6 Å². The van der Waals surface area contributed by atoms with Crippen LogP contribution in [0, 0.1) is 5.92 Å². The van der Waals surface area contributed by atoms with Crippen molar-refractivity contribution in [2.75, 3.05) is 6.54 Å². The Labute approximate surface area is 105 Å². The number of hydrogen-bond donors (Lipinski definition) is 1.